The number of nitrogens with one attached hydrogen (secondary N) is 1. The maximum Gasteiger partial charge on any atom is 0.231 e. The van der Waals surface area contributed by atoms with Gasteiger partial charge in [0.05, 0.1) is 6.04 Å². The van der Waals surface area contributed by atoms with Crippen LogP contribution in [0, 0.1) is 0 Å². The average molecular weight is 154 g/mol. The van der Waals surface area contributed by atoms with E-state index < -0.39 is 6.04 Å². The zero-order valence-electron chi connectivity index (χ0n) is 5.60. The van der Waals surface area contributed by atoms with Crippen molar-refractivity contribution >= 4 is 12.2 Å². The highest BCUT2D eigenvalue weighted by atomic mass is 16.2. The predicted molar refractivity (Wildman–Crippen MR) is 35.5 cm³/mol. The molecule has 0 aromatic carbocycles. The van der Waals surface area contributed by atoms with E-state index in [4.69, 9.17) is 5.53 Å². The minimum Gasteiger partial charge on any atom is -0.352 e. The molecule has 1 aliphatic heterocycles. The van der Waals surface area contributed by atoms with Gasteiger partial charge < -0.3 is 10.1 Å². The number of amides is 1. The predicted octanol–water partition coefficient (Wildman–Crippen LogP) is -0.247. The summed E-state index contributed by atoms with van der Waals surface area (Å²) in [7, 11) is 0. The molecule has 1 aliphatic rings. The first-order valence-corrected chi connectivity index (χ1v) is 3.08. The highest BCUT2D eigenvalue weighted by Gasteiger charge is 2.37. The molecular formula is C5H6N4O2. The second kappa shape index (κ2) is 3.03. The molecule has 1 N–H and O–H groups in total. The van der Waals surface area contributed by atoms with Crippen LogP contribution in [0.2, 0.25) is 0 Å². The van der Waals surface area contributed by atoms with Crippen molar-refractivity contribution in [2.24, 2.45) is 5.11 Å². The largest absolute Gasteiger partial charge is 0.352 e. The van der Waals surface area contributed by atoms with Crippen molar-refractivity contribution in [2.75, 3.05) is 0 Å². The number of hydrogen-bond acceptors (Lipinski definition) is 3. The lowest BCUT2D eigenvalue weighted by atomic mass is 9.98. The third kappa shape index (κ3) is 1.30. The molecule has 1 fully saturated rings. The van der Waals surface area contributed by atoms with E-state index in [0.717, 1.165) is 0 Å². The Morgan fingerprint density at radius 3 is 3.00 bits per heavy atom. The fraction of sp³-hybridized carbons (Fsp3) is 0.600. The van der Waals surface area contributed by atoms with E-state index in [1.54, 1.807) is 0 Å². The Hall–Kier alpha value is -1.55. The molecule has 1 amide bonds. The van der Waals surface area contributed by atoms with Crippen LogP contribution >= 0.6 is 0 Å². The van der Waals surface area contributed by atoms with Crippen molar-refractivity contribution in [1.29, 1.82) is 0 Å². The van der Waals surface area contributed by atoms with Gasteiger partial charge in [-0.15, -0.1) is 0 Å². The summed E-state index contributed by atoms with van der Waals surface area (Å²) >= 11 is 0. The maximum atomic E-state index is 10.6. The van der Waals surface area contributed by atoms with Gasteiger partial charge in [0, 0.05) is 11.3 Å². The van der Waals surface area contributed by atoms with Crippen LogP contribution in [0.3, 0.4) is 0 Å². The third-order valence-electron chi connectivity index (χ3n) is 1.50. The fourth-order valence-corrected chi connectivity index (χ4v) is 0.914. The highest BCUT2D eigenvalue weighted by Crippen LogP contribution is 2.12. The lowest BCUT2D eigenvalue weighted by molar-refractivity contribution is -0.130. The zero-order chi connectivity index (χ0) is 8.27. The van der Waals surface area contributed by atoms with Gasteiger partial charge in [-0.3, -0.25) is 4.79 Å². The molecule has 6 heteroatoms. The number of aldehydes is 1. The standard InChI is InChI=1S/C5H6N4O2/c6-9-8-4-3(1-2-10)7-5(4)11/h2-4H,1H2,(H,7,11)/t3-,4+/m0/s1. The molecule has 0 bridgehead atoms. The molecule has 0 saturated carbocycles. The fourth-order valence-electron chi connectivity index (χ4n) is 0.914. The Bertz CT molecular complexity index is 229. The Kier molecular flexibility index (Phi) is 2.08. The first kappa shape index (κ1) is 7.56. The second-order valence-electron chi connectivity index (χ2n) is 2.17. The molecule has 6 nitrogen and oxygen atoms in total. The van der Waals surface area contributed by atoms with Crippen molar-refractivity contribution in [3.05, 3.63) is 10.4 Å². The molecule has 1 rings (SSSR count). The van der Waals surface area contributed by atoms with Gasteiger partial charge in [0.1, 0.15) is 12.3 Å². The molecule has 1 saturated heterocycles. The monoisotopic (exact) mass is 154 g/mol. The topological polar surface area (TPSA) is 94.9 Å². The molecule has 0 spiro atoms. The smallest absolute Gasteiger partial charge is 0.231 e. The van der Waals surface area contributed by atoms with Gasteiger partial charge in [-0.25, -0.2) is 0 Å². The Morgan fingerprint density at radius 1 is 1.82 bits per heavy atom. The summed E-state index contributed by atoms with van der Waals surface area (Å²) in [6.45, 7) is 0. The summed E-state index contributed by atoms with van der Waals surface area (Å²) in [4.78, 5) is 23.1. The molecule has 0 radical (unpaired) electrons. The number of nitrogens with zero attached hydrogens (tertiary/aromatic N) is 3. The zero-order valence-corrected chi connectivity index (χ0v) is 5.60. The Balaban J connectivity index is 2.53. The minimum atomic E-state index is -0.690. The lowest BCUT2D eigenvalue weighted by Gasteiger charge is -2.31. The summed E-state index contributed by atoms with van der Waals surface area (Å²) in [6.07, 6.45) is 0.888. The SMILES string of the molecule is [N-]=[N+]=N[C@H]1C(=O)N[C@H]1CC=O. The van der Waals surface area contributed by atoms with Crippen molar-refractivity contribution in [2.45, 2.75) is 18.5 Å². The second-order valence-corrected chi connectivity index (χ2v) is 2.17. The van der Waals surface area contributed by atoms with Crippen LogP contribution in [-0.2, 0) is 9.59 Å². The summed E-state index contributed by atoms with van der Waals surface area (Å²) < 4.78 is 0. The molecule has 58 valence electrons. The van der Waals surface area contributed by atoms with E-state index in [0.29, 0.717) is 6.29 Å². The molecular weight excluding hydrogens is 148 g/mol. The number of hydrogen-bond donors (Lipinski definition) is 1. The molecule has 2 atom stereocenters. The first-order chi connectivity index (χ1) is 5.29. The van der Waals surface area contributed by atoms with Crippen LogP contribution in [0.1, 0.15) is 6.42 Å². The van der Waals surface area contributed by atoms with Crippen LogP contribution in [-0.4, -0.2) is 24.3 Å². The molecule has 1 heterocycles. The van der Waals surface area contributed by atoms with Crippen LogP contribution in [0.5, 0.6) is 0 Å². The maximum absolute atomic E-state index is 10.6. The van der Waals surface area contributed by atoms with Crippen molar-refractivity contribution in [3.63, 3.8) is 0 Å². The van der Waals surface area contributed by atoms with Gasteiger partial charge >= 0.3 is 0 Å². The van der Waals surface area contributed by atoms with E-state index >= 15 is 0 Å². The van der Waals surface area contributed by atoms with Crippen LogP contribution in [0.15, 0.2) is 5.11 Å². The van der Waals surface area contributed by atoms with Crippen LogP contribution < -0.4 is 5.32 Å². The Labute approximate surface area is 62.2 Å². The van der Waals surface area contributed by atoms with Gasteiger partial charge in [0.25, 0.3) is 0 Å². The number of carbonyl (C=O) groups excluding carboxylic acids is 2. The average Bonchev–Trinajstić information content (AvgIpc) is 2.00. The summed E-state index contributed by atoms with van der Waals surface area (Å²) in [5.74, 6) is -0.311. The summed E-state index contributed by atoms with van der Waals surface area (Å²) in [5.41, 5.74) is 8.00. The van der Waals surface area contributed by atoms with Crippen LogP contribution in [0.25, 0.3) is 10.4 Å². The third-order valence-corrected chi connectivity index (χ3v) is 1.50. The number of carbonyl (C=O) groups is 2. The summed E-state index contributed by atoms with van der Waals surface area (Å²) in [5, 5.41) is 5.66. The molecule has 0 aromatic rings. The van der Waals surface area contributed by atoms with Gasteiger partial charge in [0.15, 0.2) is 0 Å². The van der Waals surface area contributed by atoms with Gasteiger partial charge in [-0.1, -0.05) is 5.11 Å². The molecule has 0 aromatic heterocycles. The molecule has 0 aliphatic carbocycles. The van der Waals surface area contributed by atoms with Crippen molar-refractivity contribution < 1.29 is 9.59 Å². The van der Waals surface area contributed by atoms with Gasteiger partial charge in [-0.2, -0.15) is 0 Å². The number of β-lactam (4-membered cyclic amide) rings is 1. The minimum absolute atomic E-state index is 0.204. The number of azide groups is 1. The Morgan fingerprint density at radius 2 is 2.55 bits per heavy atom. The van der Waals surface area contributed by atoms with E-state index in [1.165, 1.54) is 0 Å². The normalized spacial score (nSPS) is 27.8. The molecule has 0 unspecified atom stereocenters. The quantitative estimate of drug-likeness (QED) is 0.199. The van der Waals surface area contributed by atoms with E-state index in [1.807, 2.05) is 0 Å². The van der Waals surface area contributed by atoms with E-state index in [9.17, 15) is 9.59 Å². The number of rotatable bonds is 3. The lowest BCUT2D eigenvalue weighted by Crippen LogP contribution is -2.61. The van der Waals surface area contributed by atoms with Gasteiger partial charge in [0.2, 0.25) is 5.91 Å². The summed E-state index contributed by atoms with van der Waals surface area (Å²) in [6, 6.07) is -0.985. The van der Waals surface area contributed by atoms with Gasteiger partial charge in [-0.05, 0) is 5.53 Å². The molecule has 11 heavy (non-hydrogen) atoms. The van der Waals surface area contributed by atoms with E-state index in [-0.39, 0.29) is 18.4 Å². The van der Waals surface area contributed by atoms with Crippen molar-refractivity contribution in [1.82, 2.24) is 5.32 Å². The highest BCUT2D eigenvalue weighted by molar-refractivity contribution is 5.90. The first-order valence-electron chi connectivity index (χ1n) is 3.08. The van der Waals surface area contributed by atoms with Crippen LogP contribution in [0.4, 0.5) is 0 Å². The van der Waals surface area contributed by atoms with E-state index in [2.05, 4.69) is 15.3 Å². The van der Waals surface area contributed by atoms with Crippen molar-refractivity contribution in [3.8, 4) is 0 Å².